The minimum atomic E-state index is -0.335. The third-order valence-electron chi connectivity index (χ3n) is 9.30. The molecule has 3 aromatic rings. The van der Waals surface area contributed by atoms with Gasteiger partial charge in [0.05, 0.1) is 5.71 Å². The van der Waals surface area contributed by atoms with Crippen LogP contribution in [0.25, 0.3) is 5.00 Å². The van der Waals surface area contributed by atoms with Crippen molar-refractivity contribution in [1.82, 2.24) is 20.1 Å². The lowest BCUT2D eigenvalue weighted by molar-refractivity contribution is -0.128. The summed E-state index contributed by atoms with van der Waals surface area (Å²) < 4.78 is 2.22. The maximum Gasteiger partial charge on any atom is 0.224 e. The summed E-state index contributed by atoms with van der Waals surface area (Å²) in [6.07, 6.45) is 9.86. The van der Waals surface area contributed by atoms with E-state index < -0.39 is 0 Å². The molecule has 3 heterocycles. The fourth-order valence-corrected chi connectivity index (χ4v) is 8.71. The van der Waals surface area contributed by atoms with Crippen molar-refractivity contribution in [2.24, 2.45) is 16.3 Å². The number of hydrogen-bond acceptors (Lipinski definition) is 5. The van der Waals surface area contributed by atoms with E-state index in [1.54, 1.807) is 11.3 Å². The molecule has 3 fully saturated rings. The summed E-state index contributed by atoms with van der Waals surface area (Å²) >= 11 is 8.53. The number of fused-ring (bicyclic) bond motifs is 6. The summed E-state index contributed by atoms with van der Waals surface area (Å²) in [6, 6.07) is 8.35. The average Bonchev–Trinajstić information content (AvgIpc) is 3.15. The number of nitrogens with one attached hydrogen (secondary N) is 1. The SMILES string of the molecule is Cc1nnc2n1-c1sc3c(c1C(c1ccccc1Cl)=NC21CC1)C[C@H](C(=O)NC1CC2(CCC2)C1)C3. The molecule has 184 valence electrons. The second kappa shape index (κ2) is 7.29. The highest BCUT2D eigenvalue weighted by Gasteiger charge is 2.53. The van der Waals surface area contributed by atoms with Crippen molar-refractivity contribution >= 4 is 34.6 Å². The van der Waals surface area contributed by atoms with Crippen LogP contribution in [-0.2, 0) is 23.2 Å². The van der Waals surface area contributed by atoms with Gasteiger partial charge in [-0.15, -0.1) is 21.5 Å². The highest BCUT2D eigenvalue weighted by Crippen LogP contribution is 2.56. The first-order chi connectivity index (χ1) is 17.5. The normalized spacial score (nSPS) is 24.3. The number of aromatic nitrogens is 3. The van der Waals surface area contributed by atoms with E-state index in [2.05, 4.69) is 26.1 Å². The Balaban J connectivity index is 1.18. The van der Waals surface area contributed by atoms with Crippen LogP contribution in [0.4, 0.5) is 0 Å². The molecule has 1 N–H and O–H groups in total. The van der Waals surface area contributed by atoms with Crippen molar-refractivity contribution < 1.29 is 4.79 Å². The first kappa shape index (κ1) is 21.6. The number of aryl methyl sites for hydroxylation is 1. The van der Waals surface area contributed by atoms with E-state index >= 15 is 0 Å². The van der Waals surface area contributed by atoms with Crippen LogP contribution in [0.5, 0.6) is 0 Å². The Hall–Kier alpha value is -2.51. The highest BCUT2D eigenvalue weighted by molar-refractivity contribution is 7.15. The van der Waals surface area contributed by atoms with Crippen LogP contribution in [0, 0.1) is 18.3 Å². The van der Waals surface area contributed by atoms with Crippen molar-refractivity contribution in [1.29, 1.82) is 0 Å². The maximum atomic E-state index is 13.3. The lowest BCUT2D eigenvalue weighted by Gasteiger charge is -2.54. The molecule has 0 bridgehead atoms. The Morgan fingerprint density at radius 3 is 2.67 bits per heavy atom. The van der Waals surface area contributed by atoms with E-state index in [1.165, 1.54) is 42.5 Å². The van der Waals surface area contributed by atoms with Crippen LogP contribution < -0.4 is 5.32 Å². The van der Waals surface area contributed by atoms with E-state index in [4.69, 9.17) is 16.6 Å². The Morgan fingerprint density at radius 1 is 1.14 bits per heavy atom. The van der Waals surface area contributed by atoms with Crippen LogP contribution in [0.2, 0.25) is 5.02 Å². The molecule has 0 unspecified atom stereocenters. The molecule has 6 nitrogen and oxygen atoms in total. The molecule has 8 heteroatoms. The van der Waals surface area contributed by atoms with Crippen molar-refractivity contribution in [3.8, 4) is 5.00 Å². The summed E-state index contributed by atoms with van der Waals surface area (Å²) in [5.74, 6) is 2.03. The molecular formula is C28H28ClN5OS. The smallest absolute Gasteiger partial charge is 0.224 e. The predicted molar refractivity (Wildman–Crippen MR) is 140 cm³/mol. The van der Waals surface area contributed by atoms with Gasteiger partial charge in [-0.05, 0) is 75.3 Å². The summed E-state index contributed by atoms with van der Waals surface area (Å²) in [6.45, 7) is 2.02. The average molecular weight is 518 g/mol. The first-order valence-electron chi connectivity index (χ1n) is 13.2. The molecule has 4 aliphatic carbocycles. The zero-order valence-electron chi connectivity index (χ0n) is 20.3. The van der Waals surface area contributed by atoms with Gasteiger partial charge in [0, 0.05) is 33.0 Å². The van der Waals surface area contributed by atoms with Crippen LogP contribution in [0.3, 0.4) is 0 Å². The minimum absolute atomic E-state index is 0.0124. The van der Waals surface area contributed by atoms with Crippen LogP contribution in [-0.4, -0.2) is 32.4 Å². The van der Waals surface area contributed by atoms with Gasteiger partial charge >= 0.3 is 0 Å². The van der Waals surface area contributed by atoms with Gasteiger partial charge in [0.2, 0.25) is 5.91 Å². The number of carbonyl (C=O) groups excluding carboxylic acids is 1. The molecule has 1 atom stereocenters. The number of hydrogen-bond donors (Lipinski definition) is 1. The van der Waals surface area contributed by atoms with Crippen LogP contribution >= 0.6 is 22.9 Å². The van der Waals surface area contributed by atoms with Crippen LogP contribution in [0.1, 0.15) is 78.2 Å². The summed E-state index contributed by atoms with van der Waals surface area (Å²) in [4.78, 5) is 20.0. The third-order valence-corrected chi connectivity index (χ3v) is 10.9. The van der Waals surface area contributed by atoms with Gasteiger partial charge in [0.25, 0.3) is 0 Å². The molecule has 1 aromatic carbocycles. The number of rotatable bonds is 3. The second-order valence-corrected chi connectivity index (χ2v) is 13.1. The van der Waals surface area contributed by atoms with Crippen molar-refractivity contribution in [2.45, 2.75) is 76.3 Å². The van der Waals surface area contributed by atoms with Crippen LogP contribution in [0.15, 0.2) is 29.3 Å². The third kappa shape index (κ3) is 2.96. The lowest BCUT2D eigenvalue weighted by Crippen LogP contribution is -2.54. The zero-order valence-corrected chi connectivity index (χ0v) is 21.9. The monoisotopic (exact) mass is 517 g/mol. The van der Waals surface area contributed by atoms with Gasteiger partial charge in [0.15, 0.2) is 5.82 Å². The number of benzene rings is 1. The Morgan fingerprint density at radius 2 is 1.94 bits per heavy atom. The standard InChI is InChI=1S/C28H28ClN5OS/c1-15-32-33-26-28(9-10-28)31-23(18-5-2-3-6-20(18)29)22-19-11-16(12-21(19)36-25(22)34(15)26)24(35)30-17-13-27(14-17)7-4-8-27/h2-3,5-6,16-17H,4,7-14H2,1H3,(H,30,35)/t16-/m0/s1. The molecule has 2 aromatic heterocycles. The number of amides is 1. The Bertz CT molecular complexity index is 1470. The number of halogens is 1. The molecule has 36 heavy (non-hydrogen) atoms. The molecule has 8 rings (SSSR count). The van der Waals surface area contributed by atoms with E-state index in [0.717, 1.165) is 59.2 Å². The first-order valence-corrected chi connectivity index (χ1v) is 14.4. The molecule has 2 spiro atoms. The highest BCUT2D eigenvalue weighted by atomic mass is 35.5. The van der Waals surface area contributed by atoms with E-state index in [1.807, 2.05) is 25.1 Å². The van der Waals surface area contributed by atoms with Gasteiger partial charge in [-0.1, -0.05) is 36.2 Å². The van der Waals surface area contributed by atoms with Gasteiger partial charge in [0.1, 0.15) is 16.4 Å². The molecule has 3 saturated carbocycles. The maximum absolute atomic E-state index is 13.3. The number of nitrogens with zero attached hydrogens (tertiary/aromatic N) is 4. The molecule has 5 aliphatic rings. The van der Waals surface area contributed by atoms with Crippen molar-refractivity contribution in [2.75, 3.05) is 0 Å². The van der Waals surface area contributed by atoms with Crippen molar-refractivity contribution in [3.63, 3.8) is 0 Å². The number of aliphatic imine (C=N–C) groups is 1. The van der Waals surface area contributed by atoms with Crippen molar-refractivity contribution in [3.05, 3.63) is 62.5 Å². The van der Waals surface area contributed by atoms with Gasteiger partial charge in [-0.3, -0.25) is 14.4 Å². The van der Waals surface area contributed by atoms with Gasteiger partial charge in [-0.2, -0.15) is 0 Å². The van der Waals surface area contributed by atoms with E-state index in [9.17, 15) is 4.79 Å². The lowest BCUT2D eigenvalue weighted by atomic mass is 9.54. The van der Waals surface area contributed by atoms with E-state index in [-0.39, 0.29) is 17.4 Å². The summed E-state index contributed by atoms with van der Waals surface area (Å²) in [5.41, 5.74) is 4.52. The molecule has 1 amide bonds. The van der Waals surface area contributed by atoms with Gasteiger partial charge in [-0.25, -0.2) is 0 Å². The van der Waals surface area contributed by atoms with E-state index in [0.29, 0.717) is 16.5 Å². The molecule has 0 radical (unpaired) electrons. The minimum Gasteiger partial charge on any atom is -0.353 e. The topological polar surface area (TPSA) is 72.2 Å². The Kier molecular flexibility index (Phi) is 4.37. The quantitative estimate of drug-likeness (QED) is 0.512. The Labute approximate surface area is 219 Å². The number of carbonyl (C=O) groups is 1. The number of thiophene rings is 1. The molecule has 0 saturated heterocycles. The largest absolute Gasteiger partial charge is 0.353 e. The fraction of sp³-hybridized carbons (Fsp3) is 0.500. The molecular weight excluding hydrogens is 490 g/mol. The second-order valence-electron chi connectivity index (χ2n) is 11.6. The van der Waals surface area contributed by atoms with Gasteiger partial charge < -0.3 is 5.32 Å². The summed E-state index contributed by atoms with van der Waals surface area (Å²) in [5, 5.41) is 14.3. The fourth-order valence-electron chi connectivity index (χ4n) is 7.03. The predicted octanol–water partition coefficient (Wildman–Crippen LogP) is 5.29. The zero-order chi connectivity index (χ0) is 24.2. The summed E-state index contributed by atoms with van der Waals surface area (Å²) in [7, 11) is 0. The molecule has 1 aliphatic heterocycles.